The van der Waals surface area contributed by atoms with Crippen LogP contribution in [0.5, 0.6) is 0 Å². The molecule has 1 aromatic rings. The molecule has 0 aromatic carbocycles. The van der Waals surface area contributed by atoms with E-state index < -0.39 is 33.9 Å². The molecule has 0 unspecified atom stereocenters. The Morgan fingerprint density at radius 2 is 2.00 bits per heavy atom. The van der Waals surface area contributed by atoms with E-state index in [1.165, 1.54) is 6.92 Å². The molecule has 86 valence electrons. The van der Waals surface area contributed by atoms with Crippen LogP contribution in [0.25, 0.3) is 0 Å². The highest BCUT2D eigenvalue weighted by Crippen LogP contribution is 2.28. The van der Waals surface area contributed by atoms with Crippen molar-refractivity contribution in [3.05, 3.63) is 25.9 Å². The average molecular weight is 230 g/mol. The maximum absolute atomic E-state index is 10.5. The lowest BCUT2D eigenvalue weighted by atomic mass is 10.4. The summed E-state index contributed by atoms with van der Waals surface area (Å²) < 4.78 is 0.707. The summed E-state index contributed by atoms with van der Waals surface area (Å²) in [5, 5.41) is 32.7. The molecule has 0 amide bonds. The monoisotopic (exact) mass is 230 g/mol. The number of hydrogen-bond acceptors (Lipinski definition) is 6. The van der Waals surface area contributed by atoms with Gasteiger partial charge in [0.15, 0.2) is 6.54 Å². The van der Waals surface area contributed by atoms with Crippen LogP contribution in [0, 0.1) is 27.2 Å². The molecule has 16 heavy (non-hydrogen) atoms. The first-order valence-corrected chi connectivity index (χ1v) is 3.92. The van der Waals surface area contributed by atoms with E-state index in [2.05, 4.69) is 5.10 Å². The molecule has 10 nitrogen and oxygen atoms in total. The Kier molecular flexibility index (Phi) is 2.83. The van der Waals surface area contributed by atoms with E-state index in [0.717, 1.165) is 0 Å². The van der Waals surface area contributed by atoms with Crippen molar-refractivity contribution in [3.63, 3.8) is 0 Å². The number of carboxylic acid groups (broad SMARTS) is 1. The standard InChI is InChI=1S/C6H6N4O6/c1-3-5(9(13)14)6(10(15)16)7-8(3)2-4(11)12/h2H2,1H3,(H,11,12). The summed E-state index contributed by atoms with van der Waals surface area (Å²) in [5.74, 6) is -2.25. The molecule has 1 N–H and O–H groups in total. The zero-order chi connectivity index (χ0) is 12.5. The van der Waals surface area contributed by atoms with E-state index >= 15 is 0 Å². The van der Waals surface area contributed by atoms with Crippen LogP contribution < -0.4 is 0 Å². The van der Waals surface area contributed by atoms with E-state index in [0.29, 0.717) is 4.68 Å². The third kappa shape index (κ3) is 1.94. The Hall–Kier alpha value is -2.52. The first-order valence-electron chi connectivity index (χ1n) is 3.92. The maximum atomic E-state index is 10.5. The number of rotatable bonds is 4. The van der Waals surface area contributed by atoms with Gasteiger partial charge in [0.05, 0.1) is 10.0 Å². The van der Waals surface area contributed by atoms with Gasteiger partial charge in [0, 0.05) is 0 Å². The molecule has 0 atom stereocenters. The zero-order valence-electron chi connectivity index (χ0n) is 7.98. The Bertz CT molecular complexity index is 478. The number of aromatic nitrogens is 2. The van der Waals surface area contributed by atoms with Gasteiger partial charge in [0.25, 0.3) is 0 Å². The number of carbonyl (C=O) groups is 1. The predicted octanol–water partition coefficient (Wildman–Crippen LogP) is 0.0925. The molecule has 0 radical (unpaired) electrons. The van der Waals surface area contributed by atoms with Crippen molar-refractivity contribution < 1.29 is 19.7 Å². The molecule has 0 saturated carbocycles. The lowest BCUT2D eigenvalue weighted by Crippen LogP contribution is -2.11. The van der Waals surface area contributed by atoms with Crippen molar-refractivity contribution in [1.82, 2.24) is 9.78 Å². The smallest absolute Gasteiger partial charge is 0.468 e. The van der Waals surface area contributed by atoms with Crippen molar-refractivity contribution in [1.29, 1.82) is 0 Å². The van der Waals surface area contributed by atoms with E-state index in [1.54, 1.807) is 0 Å². The molecule has 1 rings (SSSR count). The lowest BCUT2D eigenvalue weighted by Gasteiger charge is -1.92. The van der Waals surface area contributed by atoms with Crippen molar-refractivity contribution in [2.24, 2.45) is 0 Å². The van der Waals surface area contributed by atoms with Crippen molar-refractivity contribution in [2.45, 2.75) is 13.5 Å². The van der Waals surface area contributed by atoms with Gasteiger partial charge in [0.2, 0.25) is 0 Å². The van der Waals surface area contributed by atoms with Crippen LogP contribution in [-0.2, 0) is 11.3 Å². The number of aliphatic carboxylic acids is 1. The predicted molar refractivity (Wildman–Crippen MR) is 47.9 cm³/mol. The molecular weight excluding hydrogens is 224 g/mol. The second-order valence-electron chi connectivity index (χ2n) is 2.82. The van der Waals surface area contributed by atoms with E-state index in [4.69, 9.17) is 5.11 Å². The number of hydrogen-bond donors (Lipinski definition) is 1. The van der Waals surface area contributed by atoms with E-state index in [1.807, 2.05) is 0 Å². The topological polar surface area (TPSA) is 141 Å². The SMILES string of the molecule is Cc1c([N+](=O)[O-])c([N+](=O)[O-])nn1CC(=O)O. The summed E-state index contributed by atoms with van der Waals surface area (Å²) in [6, 6.07) is 0. The van der Waals surface area contributed by atoms with Gasteiger partial charge in [-0.25, -0.2) is 0 Å². The van der Waals surface area contributed by atoms with Crippen LogP contribution in [-0.4, -0.2) is 30.7 Å². The summed E-state index contributed by atoms with van der Waals surface area (Å²) in [5.41, 5.74) is -0.953. The van der Waals surface area contributed by atoms with Crippen molar-refractivity contribution in [3.8, 4) is 0 Å². The highest BCUT2D eigenvalue weighted by molar-refractivity contribution is 5.67. The second-order valence-corrected chi connectivity index (χ2v) is 2.82. The van der Waals surface area contributed by atoms with Crippen LogP contribution in [0.1, 0.15) is 5.69 Å². The summed E-state index contributed by atoms with van der Waals surface area (Å²) in [7, 11) is 0. The van der Waals surface area contributed by atoms with Crippen LogP contribution in [0.2, 0.25) is 0 Å². The van der Waals surface area contributed by atoms with Gasteiger partial charge in [-0.05, 0) is 11.8 Å². The summed E-state index contributed by atoms with van der Waals surface area (Å²) >= 11 is 0. The minimum Gasteiger partial charge on any atom is -0.480 e. The highest BCUT2D eigenvalue weighted by Gasteiger charge is 2.35. The van der Waals surface area contributed by atoms with Gasteiger partial charge in [-0.1, -0.05) is 0 Å². The normalized spacial score (nSPS) is 10.1. The van der Waals surface area contributed by atoms with Gasteiger partial charge < -0.3 is 15.2 Å². The van der Waals surface area contributed by atoms with Gasteiger partial charge >= 0.3 is 17.5 Å². The summed E-state index contributed by atoms with van der Waals surface area (Å²) in [4.78, 5) is 29.4. The zero-order valence-corrected chi connectivity index (χ0v) is 7.98. The van der Waals surface area contributed by atoms with Crippen molar-refractivity contribution in [2.75, 3.05) is 0 Å². The van der Waals surface area contributed by atoms with Crippen LogP contribution >= 0.6 is 0 Å². The van der Waals surface area contributed by atoms with E-state index in [-0.39, 0.29) is 5.69 Å². The Balaban J connectivity index is 3.35. The van der Waals surface area contributed by atoms with Gasteiger partial charge in [-0.3, -0.25) is 14.9 Å². The molecule has 1 aromatic heterocycles. The Labute approximate surface area is 87.4 Å². The Morgan fingerprint density at radius 3 is 2.31 bits per heavy atom. The van der Waals surface area contributed by atoms with Crippen LogP contribution in [0.3, 0.4) is 0 Å². The quantitative estimate of drug-likeness (QED) is 0.570. The molecular formula is C6H6N4O6. The molecule has 0 aliphatic heterocycles. The molecule has 0 bridgehead atoms. The number of carboxylic acids is 1. The highest BCUT2D eigenvalue weighted by atomic mass is 16.6. The van der Waals surface area contributed by atoms with Crippen LogP contribution in [0.4, 0.5) is 11.5 Å². The number of nitrogens with zero attached hydrogens (tertiary/aromatic N) is 4. The molecule has 0 aliphatic rings. The first kappa shape index (κ1) is 11.6. The van der Waals surface area contributed by atoms with Gasteiger partial charge in [-0.2, -0.15) is 4.68 Å². The molecule has 0 aliphatic carbocycles. The molecule has 0 saturated heterocycles. The third-order valence-corrected chi connectivity index (χ3v) is 1.80. The third-order valence-electron chi connectivity index (χ3n) is 1.80. The maximum Gasteiger partial charge on any atom is 0.468 e. The number of nitro groups is 2. The summed E-state index contributed by atoms with van der Waals surface area (Å²) in [6.45, 7) is 0.529. The molecule has 0 fully saturated rings. The molecule has 1 heterocycles. The second kappa shape index (κ2) is 3.92. The Morgan fingerprint density at radius 1 is 1.44 bits per heavy atom. The fourth-order valence-electron chi connectivity index (χ4n) is 1.14. The fraction of sp³-hybridized carbons (Fsp3) is 0.333. The minimum absolute atomic E-state index is 0.167. The fourth-order valence-corrected chi connectivity index (χ4v) is 1.14. The summed E-state index contributed by atoms with van der Waals surface area (Å²) in [6.07, 6.45) is 0. The van der Waals surface area contributed by atoms with Crippen LogP contribution in [0.15, 0.2) is 0 Å². The first-order chi connectivity index (χ1) is 7.34. The van der Waals surface area contributed by atoms with Crippen molar-refractivity contribution >= 4 is 17.5 Å². The lowest BCUT2D eigenvalue weighted by molar-refractivity contribution is -0.424. The average Bonchev–Trinajstić information content (AvgIpc) is 2.43. The molecule has 10 heteroatoms. The van der Waals surface area contributed by atoms with E-state index in [9.17, 15) is 25.0 Å². The van der Waals surface area contributed by atoms with Gasteiger partial charge in [0.1, 0.15) is 5.69 Å². The molecule has 0 spiro atoms. The van der Waals surface area contributed by atoms with Gasteiger partial charge in [-0.15, -0.1) is 0 Å². The largest absolute Gasteiger partial charge is 0.480 e. The minimum atomic E-state index is -1.30.